The maximum atomic E-state index is 9.63. The summed E-state index contributed by atoms with van der Waals surface area (Å²) in [4.78, 5) is 4.42. The molecule has 3 aromatic rings. The number of fused-ring (bicyclic) bond motifs is 1. The summed E-state index contributed by atoms with van der Waals surface area (Å²) >= 11 is 0. The molecule has 25 heavy (non-hydrogen) atoms. The number of rotatable bonds is 4. The summed E-state index contributed by atoms with van der Waals surface area (Å²) in [5.41, 5.74) is 2.92. The van der Waals surface area contributed by atoms with E-state index in [1.54, 1.807) is 0 Å². The molecule has 0 bridgehead atoms. The molecule has 0 saturated heterocycles. The lowest BCUT2D eigenvalue weighted by Crippen LogP contribution is -2.28. The fourth-order valence-electron chi connectivity index (χ4n) is 3.26. The average Bonchev–Trinajstić information content (AvgIpc) is 3.05. The van der Waals surface area contributed by atoms with Gasteiger partial charge in [-0.25, -0.2) is 9.50 Å². The third kappa shape index (κ3) is 3.72. The minimum atomic E-state index is -0.142. The van der Waals surface area contributed by atoms with Crippen molar-refractivity contribution in [2.24, 2.45) is 0 Å². The van der Waals surface area contributed by atoms with Gasteiger partial charge >= 0.3 is 0 Å². The van der Waals surface area contributed by atoms with E-state index >= 15 is 0 Å². The first-order chi connectivity index (χ1) is 12.3. The molecule has 0 amide bonds. The molecule has 0 spiro atoms. The standard InChI is InChI=1S/C20H22N4O/c25-18-10-7-16(8-11-18)22-19-12-13-20-21-14-17(24(20)23-19)9-6-15-4-2-1-3-5-15/h1-6,9,12-14,16,18,25H,7-8,10-11H2,(H,22,23)/b9-6+/t16-,18-. The largest absolute Gasteiger partial charge is 0.393 e. The predicted molar refractivity (Wildman–Crippen MR) is 100 cm³/mol. The Hall–Kier alpha value is -2.66. The van der Waals surface area contributed by atoms with Gasteiger partial charge in [-0.15, -0.1) is 5.10 Å². The van der Waals surface area contributed by atoms with E-state index in [2.05, 4.69) is 33.6 Å². The minimum Gasteiger partial charge on any atom is -0.393 e. The van der Waals surface area contributed by atoms with Crippen LogP contribution in [0.5, 0.6) is 0 Å². The SMILES string of the molecule is O[C@H]1CC[C@H](Nc2ccc3ncc(/C=C/c4ccccc4)n3n2)CC1. The Balaban J connectivity index is 1.54. The molecule has 0 unspecified atom stereocenters. The molecule has 1 fully saturated rings. The molecule has 4 rings (SSSR count). The monoisotopic (exact) mass is 334 g/mol. The van der Waals surface area contributed by atoms with E-state index in [1.807, 2.05) is 47.1 Å². The van der Waals surface area contributed by atoms with Crippen LogP contribution in [0.3, 0.4) is 0 Å². The number of benzene rings is 1. The molecular formula is C20H22N4O. The molecular weight excluding hydrogens is 312 g/mol. The molecule has 5 nitrogen and oxygen atoms in total. The topological polar surface area (TPSA) is 62.5 Å². The summed E-state index contributed by atoms with van der Waals surface area (Å²) in [6.45, 7) is 0. The highest BCUT2D eigenvalue weighted by Crippen LogP contribution is 2.21. The van der Waals surface area contributed by atoms with Gasteiger partial charge in [-0.1, -0.05) is 36.4 Å². The van der Waals surface area contributed by atoms with Crippen LogP contribution < -0.4 is 5.32 Å². The van der Waals surface area contributed by atoms with Crippen LogP contribution in [-0.4, -0.2) is 31.9 Å². The van der Waals surface area contributed by atoms with Crippen LogP contribution in [0.25, 0.3) is 17.8 Å². The van der Waals surface area contributed by atoms with E-state index in [1.165, 1.54) is 0 Å². The molecule has 1 aromatic carbocycles. The summed E-state index contributed by atoms with van der Waals surface area (Å²) in [5, 5.41) is 17.8. The van der Waals surface area contributed by atoms with Crippen LogP contribution in [0, 0.1) is 0 Å². The van der Waals surface area contributed by atoms with Gasteiger partial charge in [0, 0.05) is 6.04 Å². The summed E-state index contributed by atoms with van der Waals surface area (Å²) in [6, 6.07) is 14.5. The molecule has 2 aromatic heterocycles. The lowest BCUT2D eigenvalue weighted by atomic mass is 9.93. The molecule has 1 aliphatic carbocycles. The Morgan fingerprint density at radius 1 is 1.00 bits per heavy atom. The molecule has 0 radical (unpaired) electrons. The van der Waals surface area contributed by atoms with E-state index in [9.17, 15) is 5.11 Å². The van der Waals surface area contributed by atoms with Crippen molar-refractivity contribution in [3.63, 3.8) is 0 Å². The zero-order valence-electron chi connectivity index (χ0n) is 14.0. The first kappa shape index (κ1) is 15.8. The van der Waals surface area contributed by atoms with Crippen molar-refractivity contribution in [1.82, 2.24) is 14.6 Å². The molecule has 2 heterocycles. The minimum absolute atomic E-state index is 0.142. The van der Waals surface area contributed by atoms with Crippen LogP contribution in [-0.2, 0) is 0 Å². The number of aromatic nitrogens is 3. The van der Waals surface area contributed by atoms with Crippen LogP contribution in [0.2, 0.25) is 0 Å². The molecule has 128 valence electrons. The van der Waals surface area contributed by atoms with Gasteiger partial charge in [-0.05, 0) is 49.5 Å². The highest BCUT2D eigenvalue weighted by Gasteiger charge is 2.19. The van der Waals surface area contributed by atoms with Crippen molar-refractivity contribution < 1.29 is 5.11 Å². The lowest BCUT2D eigenvalue weighted by molar-refractivity contribution is 0.126. The van der Waals surface area contributed by atoms with E-state index in [0.29, 0.717) is 6.04 Å². The normalized spacial score (nSPS) is 21.0. The van der Waals surface area contributed by atoms with Gasteiger partial charge < -0.3 is 10.4 Å². The van der Waals surface area contributed by atoms with Gasteiger partial charge in [0.15, 0.2) is 5.65 Å². The third-order valence-corrected chi connectivity index (χ3v) is 4.68. The van der Waals surface area contributed by atoms with Crippen LogP contribution in [0.1, 0.15) is 36.9 Å². The summed E-state index contributed by atoms with van der Waals surface area (Å²) < 4.78 is 1.86. The van der Waals surface area contributed by atoms with Crippen molar-refractivity contribution in [3.05, 3.63) is 59.9 Å². The molecule has 1 saturated carbocycles. The number of hydrogen-bond donors (Lipinski definition) is 2. The summed E-state index contributed by atoms with van der Waals surface area (Å²) in [5.74, 6) is 0.848. The van der Waals surface area contributed by atoms with Crippen LogP contribution >= 0.6 is 0 Å². The lowest BCUT2D eigenvalue weighted by Gasteiger charge is -2.26. The summed E-state index contributed by atoms with van der Waals surface area (Å²) in [7, 11) is 0. The fourth-order valence-corrected chi connectivity index (χ4v) is 3.26. The zero-order valence-corrected chi connectivity index (χ0v) is 14.0. The molecule has 1 aliphatic rings. The number of nitrogens with zero attached hydrogens (tertiary/aromatic N) is 3. The van der Waals surface area contributed by atoms with Gasteiger partial charge in [0.05, 0.1) is 18.0 Å². The first-order valence-corrected chi connectivity index (χ1v) is 8.80. The maximum Gasteiger partial charge on any atom is 0.154 e. The molecule has 0 atom stereocenters. The number of anilines is 1. The van der Waals surface area contributed by atoms with Crippen molar-refractivity contribution in [1.29, 1.82) is 0 Å². The zero-order chi connectivity index (χ0) is 17.1. The predicted octanol–water partition coefficient (Wildman–Crippen LogP) is 3.62. The Morgan fingerprint density at radius 2 is 1.80 bits per heavy atom. The third-order valence-electron chi connectivity index (χ3n) is 4.68. The van der Waals surface area contributed by atoms with Crippen molar-refractivity contribution in [3.8, 4) is 0 Å². The van der Waals surface area contributed by atoms with Crippen LogP contribution in [0.4, 0.5) is 5.82 Å². The van der Waals surface area contributed by atoms with Gasteiger partial charge in [-0.3, -0.25) is 0 Å². The number of aliphatic hydroxyl groups excluding tert-OH is 1. The first-order valence-electron chi connectivity index (χ1n) is 8.80. The van der Waals surface area contributed by atoms with Crippen LogP contribution in [0.15, 0.2) is 48.7 Å². The van der Waals surface area contributed by atoms with E-state index in [-0.39, 0.29) is 6.10 Å². The van der Waals surface area contributed by atoms with Crippen molar-refractivity contribution in [2.45, 2.75) is 37.8 Å². The molecule has 0 aliphatic heterocycles. The van der Waals surface area contributed by atoms with Gasteiger partial charge in [0.2, 0.25) is 0 Å². The number of aliphatic hydroxyl groups is 1. The second-order valence-corrected chi connectivity index (χ2v) is 6.57. The van der Waals surface area contributed by atoms with E-state index < -0.39 is 0 Å². The number of hydrogen-bond acceptors (Lipinski definition) is 4. The molecule has 5 heteroatoms. The molecule has 2 N–H and O–H groups in total. The fraction of sp³-hybridized carbons (Fsp3) is 0.300. The summed E-state index contributed by atoms with van der Waals surface area (Å²) in [6.07, 6.45) is 9.46. The second kappa shape index (κ2) is 7.07. The second-order valence-electron chi connectivity index (χ2n) is 6.57. The van der Waals surface area contributed by atoms with E-state index in [4.69, 9.17) is 0 Å². The Labute approximate surface area is 147 Å². The van der Waals surface area contributed by atoms with Crippen molar-refractivity contribution >= 4 is 23.6 Å². The quantitative estimate of drug-likeness (QED) is 0.765. The number of nitrogens with one attached hydrogen (secondary N) is 1. The van der Waals surface area contributed by atoms with Gasteiger partial charge in [0.25, 0.3) is 0 Å². The Morgan fingerprint density at radius 3 is 2.60 bits per heavy atom. The van der Waals surface area contributed by atoms with Gasteiger partial charge in [-0.2, -0.15) is 0 Å². The van der Waals surface area contributed by atoms with Gasteiger partial charge in [0.1, 0.15) is 5.82 Å². The Kier molecular flexibility index (Phi) is 4.48. The number of imidazole rings is 1. The van der Waals surface area contributed by atoms with Crippen molar-refractivity contribution in [2.75, 3.05) is 5.32 Å². The maximum absolute atomic E-state index is 9.63. The van der Waals surface area contributed by atoms with E-state index in [0.717, 1.165) is 48.4 Å². The highest BCUT2D eigenvalue weighted by molar-refractivity contribution is 5.69. The highest BCUT2D eigenvalue weighted by atomic mass is 16.3. The Bertz CT molecular complexity index is 864. The smallest absolute Gasteiger partial charge is 0.154 e. The average molecular weight is 334 g/mol.